The van der Waals surface area contributed by atoms with E-state index in [4.69, 9.17) is 5.11 Å². The Kier molecular flexibility index (Phi) is 2.83. The van der Waals surface area contributed by atoms with Gasteiger partial charge in [-0.1, -0.05) is 6.92 Å². The van der Waals surface area contributed by atoms with E-state index >= 15 is 0 Å². The van der Waals surface area contributed by atoms with Crippen molar-refractivity contribution in [2.24, 2.45) is 0 Å². The minimum absolute atomic E-state index is 0.226. The Morgan fingerprint density at radius 2 is 2.60 bits per heavy atom. The summed E-state index contributed by atoms with van der Waals surface area (Å²) in [7, 11) is 0. The molecule has 2 nitrogen and oxygen atoms in total. The summed E-state index contributed by atoms with van der Waals surface area (Å²) in [4.78, 5) is 3.05. The number of nitrogens with one attached hydrogen (secondary N) is 1. The van der Waals surface area contributed by atoms with E-state index in [0.717, 1.165) is 5.03 Å². The maximum absolute atomic E-state index is 8.70. The van der Waals surface area contributed by atoms with Gasteiger partial charge in [0.25, 0.3) is 0 Å². The number of aliphatic hydroxyl groups excluding tert-OH is 1. The smallest absolute Gasteiger partial charge is 0.0724 e. The number of aromatic nitrogens is 1. The monoisotopic (exact) mass is 157 g/mol. The van der Waals surface area contributed by atoms with Crippen molar-refractivity contribution in [1.29, 1.82) is 0 Å². The van der Waals surface area contributed by atoms with Gasteiger partial charge in [0.2, 0.25) is 0 Å². The van der Waals surface area contributed by atoms with Crippen LogP contribution in [-0.4, -0.2) is 21.9 Å². The molecular formula is C7H11NOS. The van der Waals surface area contributed by atoms with Crippen LogP contribution in [0.15, 0.2) is 23.4 Å². The van der Waals surface area contributed by atoms with Gasteiger partial charge in [-0.3, -0.25) is 0 Å². The van der Waals surface area contributed by atoms with E-state index in [1.807, 2.05) is 25.3 Å². The van der Waals surface area contributed by atoms with Crippen LogP contribution in [0, 0.1) is 0 Å². The molecular weight excluding hydrogens is 146 g/mol. The zero-order chi connectivity index (χ0) is 7.40. The summed E-state index contributed by atoms with van der Waals surface area (Å²) in [5, 5.41) is 10.1. The lowest BCUT2D eigenvalue weighted by Gasteiger charge is -2.03. The standard InChI is InChI=1S/C7H11NOS/c1-6(5-9)10-7-3-2-4-8-7/h2-4,6,8-9H,5H2,1H3. The summed E-state index contributed by atoms with van der Waals surface area (Å²) in [6.45, 7) is 2.22. The summed E-state index contributed by atoms with van der Waals surface area (Å²) in [5.41, 5.74) is 0. The van der Waals surface area contributed by atoms with E-state index in [1.165, 1.54) is 0 Å². The lowest BCUT2D eigenvalue weighted by atomic mass is 10.5. The first kappa shape index (κ1) is 7.69. The third kappa shape index (κ3) is 2.08. The molecule has 1 rings (SSSR count). The van der Waals surface area contributed by atoms with Crippen molar-refractivity contribution in [3.8, 4) is 0 Å². The van der Waals surface area contributed by atoms with E-state index in [0.29, 0.717) is 0 Å². The molecule has 0 aliphatic heterocycles. The number of rotatable bonds is 3. The summed E-state index contributed by atoms with van der Waals surface area (Å²) < 4.78 is 0. The van der Waals surface area contributed by atoms with Crippen LogP contribution in [0.2, 0.25) is 0 Å². The summed E-state index contributed by atoms with van der Waals surface area (Å²) >= 11 is 1.64. The van der Waals surface area contributed by atoms with Crippen molar-refractivity contribution in [1.82, 2.24) is 4.98 Å². The molecule has 0 bridgehead atoms. The minimum atomic E-state index is 0.226. The second-order valence-corrected chi connectivity index (χ2v) is 3.63. The van der Waals surface area contributed by atoms with Crippen LogP contribution >= 0.6 is 11.8 Å². The first-order chi connectivity index (χ1) is 4.83. The van der Waals surface area contributed by atoms with Crippen LogP contribution in [0.1, 0.15) is 6.92 Å². The molecule has 10 heavy (non-hydrogen) atoms. The van der Waals surface area contributed by atoms with Gasteiger partial charge in [-0.2, -0.15) is 0 Å². The van der Waals surface area contributed by atoms with Gasteiger partial charge in [0.1, 0.15) is 0 Å². The SMILES string of the molecule is CC(CO)Sc1ccc[nH]1. The van der Waals surface area contributed by atoms with Crippen molar-refractivity contribution in [2.75, 3.05) is 6.61 Å². The maximum atomic E-state index is 8.70. The molecule has 0 saturated heterocycles. The first-order valence-electron chi connectivity index (χ1n) is 3.24. The molecule has 1 heterocycles. The lowest BCUT2D eigenvalue weighted by molar-refractivity contribution is 0.300. The van der Waals surface area contributed by atoms with E-state index in [1.54, 1.807) is 11.8 Å². The predicted molar refractivity (Wildman–Crippen MR) is 43.2 cm³/mol. The molecule has 0 spiro atoms. The van der Waals surface area contributed by atoms with Crippen molar-refractivity contribution < 1.29 is 5.11 Å². The van der Waals surface area contributed by atoms with Gasteiger partial charge in [-0.15, -0.1) is 11.8 Å². The lowest BCUT2D eigenvalue weighted by Crippen LogP contribution is -2.01. The first-order valence-corrected chi connectivity index (χ1v) is 4.12. The number of hydrogen-bond acceptors (Lipinski definition) is 2. The molecule has 0 aliphatic rings. The molecule has 0 amide bonds. The largest absolute Gasteiger partial charge is 0.395 e. The van der Waals surface area contributed by atoms with Gasteiger partial charge in [0.05, 0.1) is 11.6 Å². The quantitative estimate of drug-likeness (QED) is 0.652. The van der Waals surface area contributed by atoms with Gasteiger partial charge < -0.3 is 10.1 Å². The molecule has 0 fully saturated rings. The Balaban J connectivity index is 2.40. The molecule has 0 radical (unpaired) electrons. The Morgan fingerprint density at radius 3 is 3.10 bits per heavy atom. The van der Waals surface area contributed by atoms with Gasteiger partial charge in [0.15, 0.2) is 0 Å². The number of H-pyrrole nitrogens is 1. The number of aliphatic hydroxyl groups is 1. The van der Waals surface area contributed by atoms with E-state index in [9.17, 15) is 0 Å². The zero-order valence-corrected chi connectivity index (χ0v) is 6.69. The zero-order valence-electron chi connectivity index (χ0n) is 5.87. The van der Waals surface area contributed by atoms with Crippen LogP contribution in [0.25, 0.3) is 0 Å². The minimum Gasteiger partial charge on any atom is -0.395 e. The molecule has 3 heteroatoms. The van der Waals surface area contributed by atoms with Crippen LogP contribution in [0.4, 0.5) is 0 Å². The van der Waals surface area contributed by atoms with Gasteiger partial charge in [-0.05, 0) is 12.1 Å². The molecule has 1 aromatic heterocycles. The molecule has 0 aliphatic carbocycles. The summed E-state index contributed by atoms with van der Waals surface area (Å²) in [6.07, 6.45) is 1.88. The van der Waals surface area contributed by atoms with Crippen molar-refractivity contribution >= 4 is 11.8 Å². The fraction of sp³-hybridized carbons (Fsp3) is 0.429. The normalized spacial score (nSPS) is 13.4. The van der Waals surface area contributed by atoms with Crippen LogP contribution in [-0.2, 0) is 0 Å². The van der Waals surface area contributed by atoms with Gasteiger partial charge >= 0.3 is 0 Å². The van der Waals surface area contributed by atoms with Gasteiger partial charge in [0, 0.05) is 11.4 Å². The molecule has 1 aromatic rings. The van der Waals surface area contributed by atoms with Gasteiger partial charge in [-0.25, -0.2) is 0 Å². The van der Waals surface area contributed by atoms with E-state index in [-0.39, 0.29) is 11.9 Å². The summed E-state index contributed by atoms with van der Waals surface area (Å²) in [5.74, 6) is 0. The number of hydrogen-bond donors (Lipinski definition) is 2. The highest BCUT2D eigenvalue weighted by molar-refractivity contribution is 7.99. The molecule has 0 aromatic carbocycles. The highest BCUT2D eigenvalue weighted by atomic mass is 32.2. The molecule has 1 atom stereocenters. The number of aromatic amines is 1. The Morgan fingerprint density at radius 1 is 1.80 bits per heavy atom. The van der Waals surface area contributed by atoms with Crippen molar-refractivity contribution in [3.05, 3.63) is 18.3 Å². The Bertz CT molecular complexity index is 174. The molecule has 0 saturated carbocycles. The third-order valence-corrected chi connectivity index (χ3v) is 2.21. The second-order valence-electron chi connectivity index (χ2n) is 2.15. The molecule has 56 valence electrons. The van der Waals surface area contributed by atoms with E-state index in [2.05, 4.69) is 4.98 Å². The Labute approximate surface area is 64.7 Å². The second kappa shape index (κ2) is 3.68. The molecule has 2 N–H and O–H groups in total. The average Bonchev–Trinajstić information content (AvgIpc) is 2.40. The topological polar surface area (TPSA) is 36.0 Å². The third-order valence-electron chi connectivity index (χ3n) is 1.15. The number of thioether (sulfide) groups is 1. The fourth-order valence-corrected chi connectivity index (χ4v) is 1.44. The fourth-order valence-electron chi connectivity index (χ4n) is 0.641. The summed E-state index contributed by atoms with van der Waals surface area (Å²) in [6, 6.07) is 3.95. The maximum Gasteiger partial charge on any atom is 0.0724 e. The predicted octanol–water partition coefficient (Wildman–Crippen LogP) is 1.49. The van der Waals surface area contributed by atoms with Crippen LogP contribution in [0.5, 0.6) is 0 Å². The van der Waals surface area contributed by atoms with Crippen LogP contribution in [0.3, 0.4) is 0 Å². The van der Waals surface area contributed by atoms with Crippen LogP contribution < -0.4 is 0 Å². The Hall–Kier alpha value is -0.410. The molecule has 1 unspecified atom stereocenters. The highest BCUT2D eigenvalue weighted by Gasteiger charge is 2.01. The van der Waals surface area contributed by atoms with E-state index < -0.39 is 0 Å². The van der Waals surface area contributed by atoms with Crippen molar-refractivity contribution in [2.45, 2.75) is 17.2 Å². The van der Waals surface area contributed by atoms with Crippen molar-refractivity contribution in [3.63, 3.8) is 0 Å². The average molecular weight is 157 g/mol. The highest BCUT2D eigenvalue weighted by Crippen LogP contribution is 2.19.